The number of alkyl halides is 3. The highest BCUT2D eigenvalue weighted by Crippen LogP contribution is 2.37. The van der Waals surface area contributed by atoms with Gasteiger partial charge in [0, 0.05) is 16.7 Å². The summed E-state index contributed by atoms with van der Waals surface area (Å²) >= 11 is 3.04. The summed E-state index contributed by atoms with van der Waals surface area (Å²) in [5.41, 5.74) is -0.710. The van der Waals surface area contributed by atoms with Crippen LogP contribution in [0.4, 0.5) is 19.0 Å². The molecule has 0 aliphatic heterocycles. The summed E-state index contributed by atoms with van der Waals surface area (Å²) < 4.78 is 39.5. The molecule has 112 valence electrons. The fourth-order valence-corrected chi connectivity index (χ4v) is 3.16. The molecule has 20 heavy (non-hydrogen) atoms. The zero-order chi connectivity index (χ0) is 14.9. The van der Waals surface area contributed by atoms with Gasteiger partial charge in [-0.2, -0.15) is 13.2 Å². The molecule has 1 heterocycles. The number of nitrogens with zero attached hydrogens (tertiary/aromatic N) is 1. The Hall–Kier alpha value is -0.780. The van der Waals surface area contributed by atoms with Crippen LogP contribution in [0.3, 0.4) is 0 Å². The van der Waals surface area contributed by atoms with E-state index < -0.39 is 11.7 Å². The molecule has 1 N–H and O–H groups in total. The molecule has 0 bridgehead atoms. The Morgan fingerprint density at radius 2 is 2.00 bits per heavy atom. The third-order valence-corrected chi connectivity index (χ3v) is 4.35. The topological polar surface area (TPSA) is 24.9 Å². The van der Waals surface area contributed by atoms with Crippen molar-refractivity contribution in [1.29, 1.82) is 0 Å². The van der Waals surface area contributed by atoms with Gasteiger partial charge in [-0.25, -0.2) is 4.98 Å². The molecule has 1 aliphatic carbocycles. The average Bonchev–Trinajstić information content (AvgIpc) is 2.33. The van der Waals surface area contributed by atoms with Gasteiger partial charge in [0.15, 0.2) is 0 Å². The third-order valence-electron chi connectivity index (χ3n) is 3.91. The summed E-state index contributed by atoms with van der Waals surface area (Å²) in [6.45, 7) is 4.27. The molecule has 0 saturated heterocycles. The van der Waals surface area contributed by atoms with Crippen molar-refractivity contribution >= 4 is 21.7 Å². The van der Waals surface area contributed by atoms with Crippen LogP contribution in [0, 0.1) is 11.8 Å². The number of hydrogen-bond donors (Lipinski definition) is 1. The first-order valence-corrected chi connectivity index (χ1v) is 7.56. The molecule has 0 amide bonds. The second-order valence-electron chi connectivity index (χ2n) is 5.69. The molecule has 1 aromatic rings. The number of aromatic nitrogens is 1. The van der Waals surface area contributed by atoms with E-state index in [1.54, 1.807) is 0 Å². The van der Waals surface area contributed by atoms with Gasteiger partial charge in [0.2, 0.25) is 0 Å². The summed E-state index contributed by atoms with van der Waals surface area (Å²) in [5.74, 6) is 0.931. The van der Waals surface area contributed by atoms with E-state index in [0.29, 0.717) is 16.3 Å². The first-order chi connectivity index (χ1) is 9.27. The lowest BCUT2D eigenvalue weighted by molar-refractivity contribution is -0.137. The van der Waals surface area contributed by atoms with Gasteiger partial charge < -0.3 is 5.32 Å². The van der Waals surface area contributed by atoms with Crippen LogP contribution < -0.4 is 5.32 Å². The maximum absolute atomic E-state index is 13.0. The van der Waals surface area contributed by atoms with Gasteiger partial charge in [0.05, 0.1) is 5.56 Å². The van der Waals surface area contributed by atoms with Crippen LogP contribution in [-0.4, -0.2) is 11.0 Å². The molecule has 1 saturated carbocycles. The predicted octanol–water partition coefficient (Wildman–Crippen LogP) is 5.10. The van der Waals surface area contributed by atoms with Crippen LogP contribution in [0.2, 0.25) is 0 Å². The molecule has 0 radical (unpaired) electrons. The maximum atomic E-state index is 13.0. The van der Waals surface area contributed by atoms with Crippen molar-refractivity contribution in [2.45, 2.75) is 45.3 Å². The Morgan fingerprint density at radius 1 is 1.30 bits per heavy atom. The maximum Gasteiger partial charge on any atom is 0.419 e. The summed E-state index contributed by atoms with van der Waals surface area (Å²) in [5, 5.41) is 3.00. The van der Waals surface area contributed by atoms with Gasteiger partial charge in [0.1, 0.15) is 5.82 Å². The van der Waals surface area contributed by atoms with E-state index in [1.165, 1.54) is 6.20 Å². The number of rotatable bonds is 2. The second-order valence-corrected chi connectivity index (χ2v) is 6.61. The van der Waals surface area contributed by atoms with Crippen molar-refractivity contribution in [1.82, 2.24) is 4.98 Å². The van der Waals surface area contributed by atoms with Crippen LogP contribution in [0.15, 0.2) is 16.7 Å². The molecule has 2 rings (SSSR count). The largest absolute Gasteiger partial charge is 0.419 e. The fraction of sp³-hybridized carbons (Fsp3) is 0.643. The number of anilines is 1. The minimum Gasteiger partial charge on any atom is -0.367 e. The Balaban J connectivity index is 2.21. The van der Waals surface area contributed by atoms with Crippen molar-refractivity contribution in [3.63, 3.8) is 0 Å². The van der Waals surface area contributed by atoms with E-state index >= 15 is 0 Å². The predicted molar refractivity (Wildman–Crippen MR) is 76.5 cm³/mol. The van der Waals surface area contributed by atoms with Gasteiger partial charge in [-0.3, -0.25) is 0 Å². The van der Waals surface area contributed by atoms with Crippen LogP contribution >= 0.6 is 15.9 Å². The first-order valence-electron chi connectivity index (χ1n) is 6.76. The van der Waals surface area contributed by atoms with Gasteiger partial charge in [0.25, 0.3) is 0 Å². The number of pyridine rings is 1. The molecular formula is C14H18BrF3N2. The fourth-order valence-electron chi connectivity index (χ4n) is 2.83. The van der Waals surface area contributed by atoms with E-state index in [0.717, 1.165) is 25.3 Å². The zero-order valence-electron chi connectivity index (χ0n) is 11.5. The molecule has 1 aromatic heterocycles. The highest BCUT2D eigenvalue weighted by atomic mass is 79.9. The third kappa shape index (κ3) is 3.65. The molecule has 3 atom stereocenters. The van der Waals surface area contributed by atoms with Crippen molar-refractivity contribution in [2.24, 2.45) is 11.8 Å². The summed E-state index contributed by atoms with van der Waals surface area (Å²) in [6.07, 6.45) is -0.0369. The number of hydrogen-bond acceptors (Lipinski definition) is 2. The zero-order valence-corrected chi connectivity index (χ0v) is 13.1. The van der Waals surface area contributed by atoms with Gasteiger partial charge in [-0.05, 0) is 53.1 Å². The molecule has 2 nitrogen and oxygen atoms in total. The van der Waals surface area contributed by atoms with E-state index in [2.05, 4.69) is 40.1 Å². The summed E-state index contributed by atoms with van der Waals surface area (Å²) in [4.78, 5) is 3.91. The van der Waals surface area contributed by atoms with Crippen molar-refractivity contribution in [3.05, 3.63) is 22.3 Å². The molecule has 6 heteroatoms. The van der Waals surface area contributed by atoms with Crippen molar-refractivity contribution in [2.75, 3.05) is 5.32 Å². The van der Waals surface area contributed by atoms with Crippen LogP contribution in [0.25, 0.3) is 0 Å². The van der Waals surface area contributed by atoms with Crippen LogP contribution in [0.1, 0.15) is 38.7 Å². The quantitative estimate of drug-likeness (QED) is 0.802. The van der Waals surface area contributed by atoms with Gasteiger partial charge >= 0.3 is 6.18 Å². The molecular weight excluding hydrogens is 333 g/mol. The summed E-state index contributed by atoms with van der Waals surface area (Å²) in [7, 11) is 0. The average molecular weight is 351 g/mol. The minimum atomic E-state index is -4.40. The van der Waals surface area contributed by atoms with E-state index in [9.17, 15) is 13.2 Å². The normalized spacial score (nSPS) is 27.4. The van der Waals surface area contributed by atoms with Crippen LogP contribution in [-0.2, 0) is 6.18 Å². The van der Waals surface area contributed by atoms with E-state index in [4.69, 9.17) is 0 Å². The van der Waals surface area contributed by atoms with E-state index in [1.807, 2.05) is 0 Å². The van der Waals surface area contributed by atoms with Gasteiger partial charge in [-0.15, -0.1) is 0 Å². The van der Waals surface area contributed by atoms with E-state index in [-0.39, 0.29) is 11.9 Å². The number of nitrogens with one attached hydrogen (secondary N) is 1. The second kappa shape index (κ2) is 5.92. The lowest BCUT2D eigenvalue weighted by Crippen LogP contribution is -2.34. The Kier molecular flexibility index (Phi) is 4.62. The highest BCUT2D eigenvalue weighted by Gasteiger charge is 2.36. The molecule has 1 aliphatic rings. The molecule has 3 unspecified atom stereocenters. The highest BCUT2D eigenvalue weighted by molar-refractivity contribution is 9.10. The Morgan fingerprint density at radius 3 is 2.60 bits per heavy atom. The van der Waals surface area contributed by atoms with Crippen LogP contribution in [0.5, 0.6) is 0 Å². The monoisotopic (exact) mass is 350 g/mol. The smallest absolute Gasteiger partial charge is 0.367 e. The van der Waals surface area contributed by atoms with Gasteiger partial charge in [-0.1, -0.05) is 13.8 Å². The first kappa shape index (κ1) is 15.6. The lowest BCUT2D eigenvalue weighted by atomic mass is 9.80. The summed E-state index contributed by atoms with van der Waals surface area (Å²) in [6, 6.07) is 1.13. The standard InChI is InChI=1S/C14H18BrF3N2/c1-8-3-4-12(9(2)5-8)20-13-11(14(16,17)18)6-10(15)7-19-13/h6-9,12H,3-5H2,1-2H3,(H,19,20). The molecule has 1 fully saturated rings. The molecule has 0 spiro atoms. The Bertz CT molecular complexity index is 476. The SMILES string of the molecule is CC1CCC(Nc2ncc(Br)cc2C(F)(F)F)C(C)C1. The number of halogens is 4. The lowest BCUT2D eigenvalue weighted by Gasteiger charge is -2.34. The van der Waals surface area contributed by atoms with Crippen molar-refractivity contribution < 1.29 is 13.2 Å². The Labute approximate surface area is 125 Å². The van der Waals surface area contributed by atoms with Crippen molar-refractivity contribution in [3.8, 4) is 0 Å². The minimum absolute atomic E-state index is 0.0565. The molecule has 0 aromatic carbocycles.